The van der Waals surface area contributed by atoms with Gasteiger partial charge >= 0.3 is 5.97 Å². The van der Waals surface area contributed by atoms with Gasteiger partial charge in [-0.2, -0.15) is 0 Å². The minimum absolute atomic E-state index is 0.168. The van der Waals surface area contributed by atoms with Gasteiger partial charge in [-0.15, -0.1) is 0 Å². The summed E-state index contributed by atoms with van der Waals surface area (Å²) >= 11 is 12.6. The van der Waals surface area contributed by atoms with E-state index >= 15 is 0 Å². The van der Waals surface area contributed by atoms with Gasteiger partial charge in [-0.05, 0) is 49.9 Å². The molecule has 3 rings (SSSR count). The average molecular weight is 435 g/mol. The number of anilines is 1. The molecule has 2 aromatic rings. The number of rotatable bonds is 5. The fourth-order valence-electron chi connectivity index (χ4n) is 3.62. The number of nitrogens with one attached hydrogen (secondary N) is 1. The normalized spacial score (nSPS) is 15.8. The number of piperidine rings is 1. The molecule has 2 N–H and O–H groups in total. The van der Waals surface area contributed by atoms with Crippen molar-refractivity contribution < 1.29 is 14.7 Å². The molecule has 154 valence electrons. The van der Waals surface area contributed by atoms with E-state index in [0.717, 1.165) is 35.5 Å². The number of benzene rings is 2. The van der Waals surface area contributed by atoms with E-state index in [1.54, 1.807) is 6.07 Å². The second kappa shape index (κ2) is 9.06. The maximum Gasteiger partial charge on any atom is 0.325 e. The van der Waals surface area contributed by atoms with Gasteiger partial charge in [0, 0.05) is 30.3 Å². The van der Waals surface area contributed by atoms with Gasteiger partial charge in [-0.3, -0.25) is 9.59 Å². The van der Waals surface area contributed by atoms with E-state index in [2.05, 4.69) is 29.3 Å². The number of carbonyl (C=O) groups excluding carboxylic acids is 1. The first-order chi connectivity index (χ1) is 13.8. The Kier molecular flexibility index (Phi) is 6.70. The van der Waals surface area contributed by atoms with Crippen LogP contribution in [0.2, 0.25) is 10.0 Å². The highest BCUT2D eigenvalue weighted by Crippen LogP contribution is 2.36. The van der Waals surface area contributed by atoms with Crippen molar-refractivity contribution in [1.82, 2.24) is 5.32 Å². The molecule has 0 aromatic heterocycles. The number of halogens is 2. The molecular formula is C22H24Cl2N2O3. The van der Waals surface area contributed by atoms with E-state index in [1.165, 1.54) is 6.92 Å². The number of carboxylic acid groups (broad SMARTS) is 1. The highest BCUT2D eigenvalue weighted by Gasteiger charge is 2.27. The summed E-state index contributed by atoms with van der Waals surface area (Å²) in [6, 6.07) is 10.9. The van der Waals surface area contributed by atoms with Gasteiger partial charge in [0.05, 0.1) is 10.0 Å². The molecule has 1 aliphatic rings. The number of hydrogen-bond acceptors (Lipinski definition) is 3. The van der Waals surface area contributed by atoms with Crippen molar-refractivity contribution in [2.75, 3.05) is 18.0 Å². The van der Waals surface area contributed by atoms with Crippen molar-refractivity contribution in [2.24, 2.45) is 5.92 Å². The summed E-state index contributed by atoms with van der Waals surface area (Å²) in [7, 11) is 0. The zero-order valence-corrected chi connectivity index (χ0v) is 17.9. The maximum absolute atomic E-state index is 12.3. The first-order valence-corrected chi connectivity index (χ1v) is 10.4. The van der Waals surface area contributed by atoms with E-state index in [-0.39, 0.29) is 11.8 Å². The lowest BCUT2D eigenvalue weighted by Gasteiger charge is -2.34. The molecule has 1 heterocycles. The Balaban J connectivity index is 1.73. The van der Waals surface area contributed by atoms with Crippen LogP contribution in [0.25, 0.3) is 11.1 Å². The Morgan fingerprint density at radius 3 is 2.52 bits per heavy atom. The van der Waals surface area contributed by atoms with Crippen LogP contribution in [0.3, 0.4) is 0 Å². The highest BCUT2D eigenvalue weighted by molar-refractivity contribution is 6.43. The van der Waals surface area contributed by atoms with Gasteiger partial charge < -0.3 is 15.3 Å². The third-order valence-electron chi connectivity index (χ3n) is 5.41. The third-order valence-corrected chi connectivity index (χ3v) is 6.23. The minimum Gasteiger partial charge on any atom is -0.480 e. The van der Waals surface area contributed by atoms with Gasteiger partial charge in [0.15, 0.2) is 0 Å². The summed E-state index contributed by atoms with van der Waals surface area (Å²) in [5.41, 5.74) is 4.14. The van der Waals surface area contributed by atoms with E-state index in [9.17, 15) is 9.59 Å². The molecule has 7 heteroatoms. The van der Waals surface area contributed by atoms with Crippen LogP contribution in [0.5, 0.6) is 0 Å². The molecule has 0 bridgehead atoms. The lowest BCUT2D eigenvalue weighted by atomic mass is 9.94. The molecular weight excluding hydrogens is 411 g/mol. The van der Waals surface area contributed by atoms with Crippen LogP contribution < -0.4 is 10.2 Å². The van der Waals surface area contributed by atoms with Crippen molar-refractivity contribution in [1.29, 1.82) is 0 Å². The Bertz CT molecular complexity index is 924. The van der Waals surface area contributed by atoms with Crippen LogP contribution in [-0.4, -0.2) is 36.1 Å². The molecule has 1 fully saturated rings. The Morgan fingerprint density at radius 2 is 1.86 bits per heavy atom. The molecule has 0 saturated carbocycles. The van der Waals surface area contributed by atoms with Crippen LogP contribution in [0.1, 0.15) is 25.3 Å². The summed E-state index contributed by atoms with van der Waals surface area (Å²) in [6.07, 6.45) is 1.36. The quantitative estimate of drug-likeness (QED) is 0.710. The summed E-state index contributed by atoms with van der Waals surface area (Å²) in [5, 5.41) is 12.6. The topological polar surface area (TPSA) is 69.6 Å². The van der Waals surface area contributed by atoms with Crippen LogP contribution >= 0.6 is 23.2 Å². The fraction of sp³-hybridized carbons (Fsp3) is 0.364. The van der Waals surface area contributed by atoms with E-state index in [4.69, 9.17) is 28.3 Å². The molecule has 1 aliphatic heterocycles. The predicted octanol–water partition coefficient (Wildman–Crippen LogP) is 4.77. The second-order valence-electron chi connectivity index (χ2n) is 7.43. The van der Waals surface area contributed by atoms with E-state index < -0.39 is 12.0 Å². The molecule has 2 aromatic carbocycles. The Morgan fingerprint density at radius 1 is 1.17 bits per heavy atom. The monoisotopic (exact) mass is 434 g/mol. The van der Waals surface area contributed by atoms with Gasteiger partial charge in [0.25, 0.3) is 0 Å². The number of hydrogen-bond donors (Lipinski definition) is 2. The molecule has 1 saturated heterocycles. The lowest BCUT2D eigenvalue weighted by Crippen LogP contribution is -2.45. The smallest absolute Gasteiger partial charge is 0.325 e. The summed E-state index contributed by atoms with van der Waals surface area (Å²) in [5.74, 6) is -1.38. The molecule has 0 radical (unpaired) electrons. The summed E-state index contributed by atoms with van der Waals surface area (Å²) in [4.78, 5) is 25.5. The fourth-order valence-corrected chi connectivity index (χ4v) is 4.03. The Labute approximate surface area is 180 Å². The number of amides is 1. The van der Waals surface area contributed by atoms with Crippen molar-refractivity contribution >= 4 is 40.8 Å². The first-order valence-electron chi connectivity index (χ1n) is 9.61. The largest absolute Gasteiger partial charge is 0.480 e. The number of aliphatic carboxylic acids is 1. The number of carboxylic acids is 1. The SMILES string of the molecule is Cc1ccc(-c2cccc(Cl)c2Cl)cc1N1CCC(C(=O)N[C@@H](C)C(=O)O)CC1. The number of aryl methyl sites for hydroxylation is 1. The maximum atomic E-state index is 12.3. The molecule has 1 amide bonds. The minimum atomic E-state index is -1.03. The number of nitrogens with zero attached hydrogens (tertiary/aromatic N) is 1. The van der Waals surface area contributed by atoms with Crippen LogP contribution in [0.15, 0.2) is 36.4 Å². The van der Waals surface area contributed by atoms with Crippen molar-refractivity contribution in [3.8, 4) is 11.1 Å². The standard InChI is InChI=1S/C22H24Cl2N2O3/c1-13-6-7-16(17-4-3-5-18(23)20(17)24)12-19(13)26-10-8-15(9-11-26)21(27)25-14(2)22(28)29/h3-7,12,14-15H,8-11H2,1-2H3,(H,25,27)(H,28,29)/t14-/m0/s1. The third kappa shape index (κ3) is 4.85. The molecule has 29 heavy (non-hydrogen) atoms. The first kappa shape index (κ1) is 21.5. The average Bonchev–Trinajstić information content (AvgIpc) is 2.70. The molecule has 0 spiro atoms. The second-order valence-corrected chi connectivity index (χ2v) is 8.22. The molecule has 5 nitrogen and oxygen atoms in total. The van der Waals surface area contributed by atoms with E-state index in [1.807, 2.05) is 18.2 Å². The van der Waals surface area contributed by atoms with Gasteiger partial charge in [-0.1, -0.05) is 47.5 Å². The van der Waals surface area contributed by atoms with Crippen LogP contribution in [0, 0.1) is 12.8 Å². The number of carbonyl (C=O) groups is 2. The van der Waals surface area contributed by atoms with Crippen LogP contribution in [-0.2, 0) is 9.59 Å². The summed E-state index contributed by atoms with van der Waals surface area (Å²) in [6.45, 7) is 5.00. The molecule has 1 atom stereocenters. The van der Waals surface area contributed by atoms with Crippen LogP contribution in [0.4, 0.5) is 5.69 Å². The van der Waals surface area contributed by atoms with E-state index in [0.29, 0.717) is 22.9 Å². The van der Waals surface area contributed by atoms with Gasteiger partial charge in [0.1, 0.15) is 6.04 Å². The van der Waals surface area contributed by atoms with Gasteiger partial charge in [0.2, 0.25) is 5.91 Å². The van der Waals surface area contributed by atoms with Gasteiger partial charge in [-0.25, -0.2) is 0 Å². The predicted molar refractivity (Wildman–Crippen MR) is 117 cm³/mol. The molecule has 0 unspecified atom stereocenters. The lowest BCUT2D eigenvalue weighted by molar-refractivity contribution is -0.142. The summed E-state index contributed by atoms with van der Waals surface area (Å²) < 4.78 is 0. The van der Waals surface area contributed by atoms with Crippen molar-refractivity contribution in [3.05, 3.63) is 52.0 Å². The zero-order chi connectivity index (χ0) is 21.1. The molecule has 0 aliphatic carbocycles. The zero-order valence-electron chi connectivity index (χ0n) is 16.4. The van der Waals surface area contributed by atoms with Crippen molar-refractivity contribution in [3.63, 3.8) is 0 Å². The van der Waals surface area contributed by atoms with Crippen molar-refractivity contribution in [2.45, 2.75) is 32.7 Å². The Hall–Kier alpha value is -2.24. The highest BCUT2D eigenvalue weighted by atomic mass is 35.5.